The number of anilines is 1. The van der Waals surface area contributed by atoms with Crippen LogP contribution in [0.1, 0.15) is 19.8 Å². The molecule has 0 saturated heterocycles. The normalized spacial score (nSPS) is 16.1. The third-order valence-corrected chi connectivity index (χ3v) is 3.23. The van der Waals surface area contributed by atoms with Crippen LogP contribution in [-0.2, 0) is 4.79 Å². The predicted molar refractivity (Wildman–Crippen MR) is 66.4 cm³/mol. The van der Waals surface area contributed by atoms with Crippen molar-refractivity contribution in [3.05, 3.63) is 27.4 Å². The van der Waals surface area contributed by atoms with Gasteiger partial charge in [-0.3, -0.25) is 14.9 Å². The summed E-state index contributed by atoms with van der Waals surface area (Å²) >= 11 is 5.67. The van der Waals surface area contributed by atoms with Gasteiger partial charge in [0.25, 0.3) is 0 Å². The van der Waals surface area contributed by atoms with Crippen LogP contribution in [0.2, 0.25) is 5.15 Å². The first-order valence-electron chi connectivity index (χ1n) is 5.61. The van der Waals surface area contributed by atoms with E-state index in [2.05, 4.69) is 10.3 Å². The molecule has 1 aromatic rings. The van der Waals surface area contributed by atoms with Crippen LogP contribution in [0.15, 0.2) is 12.1 Å². The number of hydrogen-bond donors (Lipinski definition) is 1. The Morgan fingerprint density at radius 3 is 2.83 bits per heavy atom. The Morgan fingerprint density at radius 2 is 2.28 bits per heavy atom. The summed E-state index contributed by atoms with van der Waals surface area (Å²) in [4.78, 5) is 25.9. The van der Waals surface area contributed by atoms with Crippen LogP contribution in [0, 0.1) is 22.0 Å². The Hall–Kier alpha value is -1.69. The van der Waals surface area contributed by atoms with Crippen LogP contribution in [0.25, 0.3) is 0 Å². The molecule has 96 valence electrons. The van der Waals surface area contributed by atoms with Gasteiger partial charge in [-0.2, -0.15) is 0 Å². The van der Waals surface area contributed by atoms with E-state index in [9.17, 15) is 14.9 Å². The van der Waals surface area contributed by atoms with E-state index in [1.807, 2.05) is 6.92 Å². The highest BCUT2D eigenvalue weighted by Crippen LogP contribution is 2.37. The molecule has 18 heavy (non-hydrogen) atoms. The molecule has 1 aliphatic rings. The van der Waals surface area contributed by atoms with Crippen molar-refractivity contribution < 1.29 is 9.72 Å². The zero-order valence-corrected chi connectivity index (χ0v) is 10.5. The molecule has 1 atom stereocenters. The van der Waals surface area contributed by atoms with Crippen molar-refractivity contribution in [2.24, 2.45) is 11.8 Å². The summed E-state index contributed by atoms with van der Waals surface area (Å²) < 4.78 is 0. The van der Waals surface area contributed by atoms with Gasteiger partial charge in [0, 0.05) is 12.0 Å². The number of nitro groups is 1. The number of carbonyl (C=O) groups is 1. The molecule has 2 rings (SSSR count). The highest BCUT2D eigenvalue weighted by atomic mass is 35.5. The molecular formula is C11H12ClN3O3. The van der Waals surface area contributed by atoms with E-state index in [0.717, 1.165) is 12.8 Å². The Labute approximate surface area is 109 Å². The SMILES string of the molecule is CC(C(=O)Nc1nc(Cl)ccc1[N+](=O)[O-])C1CC1. The van der Waals surface area contributed by atoms with Gasteiger partial charge in [0.15, 0.2) is 0 Å². The molecule has 0 radical (unpaired) electrons. The Morgan fingerprint density at radius 1 is 1.61 bits per heavy atom. The topological polar surface area (TPSA) is 85.1 Å². The number of amides is 1. The predicted octanol–water partition coefficient (Wildman–Crippen LogP) is 2.63. The molecule has 6 nitrogen and oxygen atoms in total. The molecule has 0 aromatic carbocycles. The van der Waals surface area contributed by atoms with Crippen molar-refractivity contribution in [2.45, 2.75) is 19.8 Å². The number of halogens is 1. The summed E-state index contributed by atoms with van der Waals surface area (Å²) in [6.45, 7) is 1.81. The fourth-order valence-electron chi connectivity index (χ4n) is 1.71. The molecule has 1 aromatic heterocycles. The van der Waals surface area contributed by atoms with Crippen LogP contribution in [0.4, 0.5) is 11.5 Å². The van der Waals surface area contributed by atoms with E-state index in [1.54, 1.807) is 0 Å². The van der Waals surface area contributed by atoms with E-state index in [0.29, 0.717) is 5.92 Å². The largest absolute Gasteiger partial charge is 0.311 e. The molecule has 0 aliphatic heterocycles. The van der Waals surface area contributed by atoms with Gasteiger partial charge >= 0.3 is 5.69 Å². The third-order valence-electron chi connectivity index (χ3n) is 3.02. The van der Waals surface area contributed by atoms with Crippen molar-refractivity contribution in [3.63, 3.8) is 0 Å². The second-order valence-electron chi connectivity index (χ2n) is 4.37. The summed E-state index contributed by atoms with van der Waals surface area (Å²) in [5.41, 5.74) is -0.254. The molecule has 1 fully saturated rings. The molecule has 0 bridgehead atoms. The van der Waals surface area contributed by atoms with Crippen molar-refractivity contribution >= 4 is 29.0 Å². The molecule has 1 saturated carbocycles. The highest BCUT2D eigenvalue weighted by Gasteiger charge is 2.33. The first-order valence-corrected chi connectivity index (χ1v) is 5.98. The lowest BCUT2D eigenvalue weighted by Crippen LogP contribution is -2.23. The summed E-state index contributed by atoms with van der Waals surface area (Å²) in [7, 11) is 0. The maximum absolute atomic E-state index is 11.9. The van der Waals surface area contributed by atoms with E-state index >= 15 is 0 Å². The molecule has 0 spiro atoms. The van der Waals surface area contributed by atoms with E-state index < -0.39 is 4.92 Å². The number of carbonyl (C=O) groups excluding carboxylic acids is 1. The number of nitrogens with zero attached hydrogens (tertiary/aromatic N) is 2. The van der Waals surface area contributed by atoms with Crippen molar-refractivity contribution in [1.29, 1.82) is 0 Å². The Bertz CT molecular complexity index is 502. The van der Waals surface area contributed by atoms with E-state index in [1.165, 1.54) is 12.1 Å². The molecule has 1 amide bonds. The standard InChI is InChI=1S/C11H12ClN3O3/c1-6(7-2-3-7)11(16)14-10-8(15(17)18)4-5-9(12)13-10/h4-7H,2-3H2,1H3,(H,13,14,16). The highest BCUT2D eigenvalue weighted by molar-refractivity contribution is 6.29. The number of pyridine rings is 1. The van der Waals surface area contributed by atoms with Gasteiger partial charge in [0.1, 0.15) is 5.15 Å². The first-order chi connectivity index (χ1) is 8.49. The van der Waals surface area contributed by atoms with Gasteiger partial charge in [-0.15, -0.1) is 0 Å². The maximum Gasteiger partial charge on any atom is 0.311 e. The lowest BCUT2D eigenvalue weighted by atomic mass is 10.1. The molecule has 1 aliphatic carbocycles. The van der Waals surface area contributed by atoms with Crippen molar-refractivity contribution in [2.75, 3.05) is 5.32 Å². The van der Waals surface area contributed by atoms with Crippen LogP contribution >= 0.6 is 11.6 Å². The van der Waals surface area contributed by atoms with Gasteiger partial charge in [-0.1, -0.05) is 18.5 Å². The fraction of sp³-hybridized carbons (Fsp3) is 0.455. The Balaban J connectivity index is 2.18. The minimum absolute atomic E-state index is 0.0926. The fourth-order valence-corrected chi connectivity index (χ4v) is 1.86. The van der Waals surface area contributed by atoms with Gasteiger partial charge < -0.3 is 5.32 Å². The molecule has 1 N–H and O–H groups in total. The average molecular weight is 270 g/mol. The number of rotatable bonds is 4. The van der Waals surface area contributed by atoms with Crippen LogP contribution in [0.5, 0.6) is 0 Å². The summed E-state index contributed by atoms with van der Waals surface area (Å²) in [5, 5.41) is 13.4. The zero-order chi connectivity index (χ0) is 13.3. The number of nitrogens with one attached hydrogen (secondary N) is 1. The summed E-state index contributed by atoms with van der Waals surface area (Å²) in [6.07, 6.45) is 2.05. The zero-order valence-electron chi connectivity index (χ0n) is 9.72. The third kappa shape index (κ3) is 2.76. The van der Waals surface area contributed by atoms with Crippen LogP contribution in [0.3, 0.4) is 0 Å². The van der Waals surface area contributed by atoms with Gasteiger partial charge in [-0.05, 0) is 24.8 Å². The number of hydrogen-bond acceptors (Lipinski definition) is 4. The smallest absolute Gasteiger partial charge is 0.305 e. The lowest BCUT2D eigenvalue weighted by Gasteiger charge is -2.10. The van der Waals surface area contributed by atoms with Gasteiger partial charge in [0.2, 0.25) is 11.7 Å². The molecular weight excluding hydrogens is 258 g/mol. The average Bonchev–Trinajstić information content (AvgIpc) is 3.11. The van der Waals surface area contributed by atoms with Crippen LogP contribution in [-0.4, -0.2) is 15.8 Å². The molecule has 7 heteroatoms. The minimum Gasteiger partial charge on any atom is -0.305 e. The second kappa shape index (κ2) is 4.89. The van der Waals surface area contributed by atoms with E-state index in [4.69, 9.17) is 11.6 Å². The first kappa shape index (κ1) is 12.8. The Kier molecular flexibility index (Phi) is 3.47. The van der Waals surface area contributed by atoms with Gasteiger partial charge in [0.05, 0.1) is 4.92 Å². The summed E-state index contributed by atoms with van der Waals surface area (Å²) in [5.74, 6) is -0.131. The summed E-state index contributed by atoms with van der Waals surface area (Å²) in [6, 6.07) is 2.55. The quantitative estimate of drug-likeness (QED) is 0.517. The van der Waals surface area contributed by atoms with Crippen molar-refractivity contribution in [3.8, 4) is 0 Å². The van der Waals surface area contributed by atoms with Gasteiger partial charge in [-0.25, -0.2) is 4.98 Å². The van der Waals surface area contributed by atoms with E-state index in [-0.39, 0.29) is 28.5 Å². The maximum atomic E-state index is 11.9. The molecule has 1 unspecified atom stereocenters. The minimum atomic E-state index is -0.596. The second-order valence-corrected chi connectivity index (χ2v) is 4.76. The monoisotopic (exact) mass is 269 g/mol. The number of aromatic nitrogens is 1. The van der Waals surface area contributed by atoms with Crippen LogP contribution < -0.4 is 5.32 Å². The van der Waals surface area contributed by atoms with Crippen molar-refractivity contribution in [1.82, 2.24) is 4.98 Å². The lowest BCUT2D eigenvalue weighted by molar-refractivity contribution is -0.384. The molecule has 1 heterocycles.